The molecular weight excluding hydrogens is 402 g/mol. The molecule has 0 aliphatic carbocycles. The lowest BCUT2D eigenvalue weighted by Gasteiger charge is -2.15. The van der Waals surface area contributed by atoms with Gasteiger partial charge in [-0.25, -0.2) is 13.1 Å². The monoisotopic (exact) mass is 421 g/mol. The average molecular weight is 422 g/mol. The maximum absolute atomic E-state index is 12.7. The first-order valence-corrected chi connectivity index (χ1v) is 10.5. The lowest BCUT2D eigenvalue weighted by atomic mass is 10.2. The molecule has 3 rings (SSSR count). The largest absolute Gasteiger partial charge is 0.342 e. The molecule has 8 nitrogen and oxygen atoms in total. The maximum Gasteiger partial charge on any atom is 0.253 e. The molecular formula is C18H20ClN5O3S. The number of nitrogens with one attached hydrogen (secondary N) is 2. The fourth-order valence-electron chi connectivity index (χ4n) is 2.72. The minimum Gasteiger partial charge on any atom is -0.342 e. The van der Waals surface area contributed by atoms with E-state index in [1.807, 2.05) is 12.1 Å². The van der Waals surface area contributed by atoms with Crippen LogP contribution in [0.25, 0.3) is 5.65 Å². The molecule has 3 aromatic rings. The van der Waals surface area contributed by atoms with Crippen molar-refractivity contribution in [3.05, 3.63) is 59.0 Å². The van der Waals surface area contributed by atoms with E-state index in [1.54, 1.807) is 37.4 Å². The fraction of sp³-hybridized carbons (Fsp3) is 0.278. The summed E-state index contributed by atoms with van der Waals surface area (Å²) in [5, 5.41) is 11.1. The number of carbonyl (C=O) groups is 1. The summed E-state index contributed by atoms with van der Waals surface area (Å²) in [5.74, 6) is 0.0390. The second-order valence-corrected chi connectivity index (χ2v) is 8.72. The zero-order valence-corrected chi connectivity index (χ0v) is 17.1. The lowest BCUT2D eigenvalue weighted by molar-refractivity contribution is 0.0938. The lowest BCUT2D eigenvalue weighted by Crippen LogP contribution is -2.31. The van der Waals surface area contributed by atoms with Gasteiger partial charge < -0.3 is 5.32 Å². The van der Waals surface area contributed by atoms with Crippen LogP contribution in [0.3, 0.4) is 0 Å². The van der Waals surface area contributed by atoms with E-state index in [1.165, 1.54) is 18.2 Å². The van der Waals surface area contributed by atoms with E-state index in [0.717, 1.165) is 0 Å². The van der Waals surface area contributed by atoms with Gasteiger partial charge in [0.25, 0.3) is 5.91 Å². The van der Waals surface area contributed by atoms with Gasteiger partial charge >= 0.3 is 0 Å². The molecule has 0 aliphatic heterocycles. The first-order valence-electron chi connectivity index (χ1n) is 8.61. The number of benzene rings is 1. The molecule has 2 aromatic heterocycles. The summed E-state index contributed by atoms with van der Waals surface area (Å²) in [4.78, 5) is 12.7. The molecule has 0 saturated heterocycles. The van der Waals surface area contributed by atoms with Crippen LogP contribution in [-0.4, -0.2) is 35.0 Å². The molecule has 1 amide bonds. The van der Waals surface area contributed by atoms with Gasteiger partial charge in [0.05, 0.1) is 21.5 Å². The number of rotatable bonds is 6. The third-order valence-electron chi connectivity index (χ3n) is 3.96. The van der Waals surface area contributed by atoms with Gasteiger partial charge in [0.2, 0.25) is 10.0 Å². The Kier molecular flexibility index (Phi) is 5.69. The van der Waals surface area contributed by atoms with E-state index in [0.29, 0.717) is 11.5 Å². The number of amides is 1. The van der Waals surface area contributed by atoms with Crippen molar-refractivity contribution in [3.8, 4) is 0 Å². The summed E-state index contributed by atoms with van der Waals surface area (Å²) < 4.78 is 29.0. The smallest absolute Gasteiger partial charge is 0.253 e. The molecule has 0 bridgehead atoms. The number of sulfonamides is 1. The zero-order valence-electron chi connectivity index (χ0n) is 15.5. The minimum absolute atomic E-state index is 0.0312. The van der Waals surface area contributed by atoms with E-state index in [-0.39, 0.29) is 21.5 Å². The average Bonchev–Trinajstić information content (AvgIpc) is 3.05. The number of pyridine rings is 1. The van der Waals surface area contributed by atoms with Crippen molar-refractivity contribution in [2.45, 2.75) is 37.8 Å². The Morgan fingerprint density at radius 3 is 2.61 bits per heavy atom. The van der Waals surface area contributed by atoms with Crippen molar-refractivity contribution in [2.24, 2.45) is 0 Å². The van der Waals surface area contributed by atoms with Crippen molar-refractivity contribution >= 4 is 33.2 Å². The third kappa shape index (κ3) is 4.16. The molecule has 148 valence electrons. The van der Waals surface area contributed by atoms with E-state index in [2.05, 4.69) is 20.2 Å². The third-order valence-corrected chi connectivity index (χ3v) is 5.94. The van der Waals surface area contributed by atoms with Gasteiger partial charge in [0.15, 0.2) is 11.5 Å². The van der Waals surface area contributed by atoms with Crippen LogP contribution in [0.5, 0.6) is 0 Å². The number of hydrogen-bond acceptors (Lipinski definition) is 5. The van der Waals surface area contributed by atoms with E-state index in [9.17, 15) is 13.2 Å². The van der Waals surface area contributed by atoms with Crippen molar-refractivity contribution in [3.63, 3.8) is 0 Å². The summed E-state index contributed by atoms with van der Waals surface area (Å²) >= 11 is 6.14. The van der Waals surface area contributed by atoms with E-state index >= 15 is 0 Å². The molecule has 2 N–H and O–H groups in total. The predicted octanol–water partition coefficient (Wildman–Crippen LogP) is 2.56. The topological polar surface area (TPSA) is 105 Å². The van der Waals surface area contributed by atoms with Gasteiger partial charge in [0.1, 0.15) is 0 Å². The first kappa shape index (κ1) is 20.2. The summed E-state index contributed by atoms with van der Waals surface area (Å²) in [6.07, 6.45) is 1.80. The second kappa shape index (κ2) is 7.86. The number of nitrogens with zero attached hydrogens (tertiary/aromatic N) is 3. The highest BCUT2D eigenvalue weighted by molar-refractivity contribution is 7.89. The van der Waals surface area contributed by atoms with Crippen LogP contribution in [-0.2, 0) is 10.0 Å². The van der Waals surface area contributed by atoms with Crippen LogP contribution in [0.1, 0.15) is 43.0 Å². The maximum atomic E-state index is 12.7. The van der Waals surface area contributed by atoms with Crippen LogP contribution in [0.2, 0.25) is 5.02 Å². The summed E-state index contributed by atoms with van der Waals surface area (Å²) in [5.41, 5.74) is 0.721. The van der Waals surface area contributed by atoms with Crippen molar-refractivity contribution in [2.75, 3.05) is 0 Å². The Balaban J connectivity index is 1.87. The summed E-state index contributed by atoms with van der Waals surface area (Å²) in [7, 11) is -3.75. The highest BCUT2D eigenvalue weighted by Gasteiger charge is 2.22. The van der Waals surface area contributed by atoms with Gasteiger partial charge in [-0.15, -0.1) is 10.2 Å². The number of carbonyl (C=O) groups excluding carboxylic acids is 1. The van der Waals surface area contributed by atoms with Crippen molar-refractivity contribution in [1.29, 1.82) is 0 Å². The molecule has 2 heterocycles. The molecule has 1 atom stereocenters. The fourth-order valence-corrected chi connectivity index (χ4v) is 4.20. The summed E-state index contributed by atoms with van der Waals surface area (Å²) in [6, 6.07) is 8.74. The Morgan fingerprint density at radius 2 is 1.89 bits per heavy atom. The Labute approximate surface area is 168 Å². The SMILES string of the molecule is CC(C)NS(=O)(=O)c1ccc(Cl)c(C(=O)NC(C)c2nnc3ccccn23)c1. The second-order valence-electron chi connectivity index (χ2n) is 6.60. The Morgan fingerprint density at radius 1 is 1.14 bits per heavy atom. The van der Waals surface area contributed by atoms with Gasteiger partial charge in [-0.1, -0.05) is 17.7 Å². The molecule has 0 spiro atoms. The molecule has 0 aliphatic rings. The quantitative estimate of drug-likeness (QED) is 0.636. The van der Waals surface area contributed by atoms with Gasteiger partial charge in [-0.3, -0.25) is 9.20 Å². The highest BCUT2D eigenvalue weighted by Crippen LogP contribution is 2.22. The van der Waals surface area contributed by atoms with Crippen molar-refractivity contribution in [1.82, 2.24) is 24.6 Å². The zero-order chi connectivity index (χ0) is 20.5. The normalized spacial score (nSPS) is 13.0. The summed E-state index contributed by atoms with van der Waals surface area (Å²) in [6.45, 7) is 5.19. The van der Waals surface area contributed by atoms with Crippen LogP contribution in [0.15, 0.2) is 47.5 Å². The number of aromatic nitrogens is 3. The van der Waals surface area contributed by atoms with Gasteiger partial charge in [-0.05, 0) is 51.1 Å². The number of hydrogen-bond donors (Lipinski definition) is 2. The van der Waals surface area contributed by atoms with E-state index in [4.69, 9.17) is 11.6 Å². The number of fused-ring (bicyclic) bond motifs is 1. The predicted molar refractivity (Wildman–Crippen MR) is 106 cm³/mol. The van der Waals surface area contributed by atoms with Gasteiger partial charge in [0, 0.05) is 12.2 Å². The van der Waals surface area contributed by atoms with Crippen LogP contribution in [0.4, 0.5) is 0 Å². The van der Waals surface area contributed by atoms with Crippen LogP contribution < -0.4 is 10.0 Å². The molecule has 10 heteroatoms. The Bertz CT molecular complexity index is 1130. The standard InChI is InChI=1S/C18H20ClN5O3S/c1-11(2)23-28(26,27)13-7-8-15(19)14(10-13)18(25)20-12(3)17-22-21-16-6-4-5-9-24(16)17/h4-12,23H,1-3H3,(H,20,25). The highest BCUT2D eigenvalue weighted by atomic mass is 35.5. The molecule has 1 aromatic carbocycles. The van der Waals surface area contributed by atoms with Gasteiger partial charge in [-0.2, -0.15) is 0 Å². The number of halogens is 1. The van der Waals surface area contributed by atoms with Crippen molar-refractivity contribution < 1.29 is 13.2 Å². The molecule has 0 radical (unpaired) electrons. The Hall–Kier alpha value is -2.49. The molecule has 0 fully saturated rings. The first-order chi connectivity index (χ1) is 13.2. The molecule has 1 unspecified atom stereocenters. The molecule has 0 saturated carbocycles. The van der Waals surface area contributed by atoms with Crippen LogP contribution in [0, 0.1) is 0 Å². The van der Waals surface area contributed by atoms with Crippen LogP contribution >= 0.6 is 11.6 Å². The molecule has 28 heavy (non-hydrogen) atoms. The minimum atomic E-state index is -3.75. The van der Waals surface area contributed by atoms with E-state index < -0.39 is 22.0 Å².